The second-order valence-corrected chi connectivity index (χ2v) is 6.46. The maximum Gasteiger partial charge on any atom is 0.226 e. The van der Waals surface area contributed by atoms with Crippen molar-refractivity contribution >= 4 is 17.7 Å². The molecule has 0 aromatic heterocycles. The Bertz CT molecular complexity index is 240. The van der Waals surface area contributed by atoms with Crippen LogP contribution in [0.2, 0.25) is 0 Å². The molecule has 0 saturated carbocycles. The SMILES string of the molecule is CSCCCCCCNC(=O)C1(C)CCNCC1. The average molecular weight is 272 g/mol. The molecular weight excluding hydrogens is 244 g/mol. The molecule has 0 bridgehead atoms. The summed E-state index contributed by atoms with van der Waals surface area (Å²) in [5.74, 6) is 1.52. The predicted molar refractivity (Wildman–Crippen MR) is 80.1 cm³/mol. The molecule has 2 N–H and O–H groups in total. The molecule has 0 spiro atoms. The van der Waals surface area contributed by atoms with Gasteiger partial charge in [-0.15, -0.1) is 0 Å². The van der Waals surface area contributed by atoms with Gasteiger partial charge in [0.1, 0.15) is 0 Å². The van der Waals surface area contributed by atoms with Crippen molar-refractivity contribution in [3.8, 4) is 0 Å². The van der Waals surface area contributed by atoms with E-state index < -0.39 is 0 Å². The van der Waals surface area contributed by atoms with E-state index in [1.54, 1.807) is 0 Å². The zero-order valence-corrected chi connectivity index (χ0v) is 12.7. The Morgan fingerprint density at radius 3 is 2.56 bits per heavy atom. The fourth-order valence-electron chi connectivity index (χ4n) is 2.35. The Morgan fingerprint density at radius 2 is 1.89 bits per heavy atom. The van der Waals surface area contributed by atoms with Gasteiger partial charge in [-0.25, -0.2) is 0 Å². The lowest BCUT2D eigenvalue weighted by Crippen LogP contribution is -2.46. The summed E-state index contributed by atoms with van der Waals surface area (Å²) >= 11 is 1.91. The van der Waals surface area contributed by atoms with Crippen molar-refractivity contribution in [2.24, 2.45) is 5.41 Å². The Labute approximate surface area is 116 Å². The summed E-state index contributed by atoms with van der Waals surface area (Å²) < 4.78 is 0. The van der Waals surface area contributed by atoms with Crippen LogP contribution in [0.4, 0.5) is 0 Å². The molecule has 0 atom stereocenters. The first-order valence-corrected chi connectivity index (χ1v) is 8.56. The Morgan fingerprint density at radius 1 is 1.22 bits per heavy atom. The summed E-state index contributed by atoms with van der Waals surface area (Å²) in [6, 6.07) is 0. The van der Waals surface area contributed by atoms with Crippen LogP contribution >= 0.6 is 11.8 Å². The molecule has 0 aliphatic carbocycles. The molecule has 3 nitrogen and oxygen atoms in total. The van der Waals surface area contributed by atoms with E-state index in [1.165, 1.54) is 25.0 Å². The minimum Gasteiger partial charge on any atom is -0.356 e. The molecule has 18 heavy (non-hydrogen) atoms. The van der Waals surface area contributed by atoms with E-state index in [1.807, 2.05) is 11.8 Å². The van der Waals surface area contributed by atoms with Crippen LogP contribution in [-0.4, -0.2) is 37.6 Å². The van der Waals surface area contributed by atoms with Crippen LogP contribution in [0.5, 0.6) is 0 Å². The highest BCUT2D eigenvalue weighted by Crippen LogP contribution is 2.27. The zero-order chi connectivity index (χ0) is 13.3. The van der Waals surface area contributed by atoms with E-state index in [9.17, 15) is 4.79 Å². The molecule has 4 heteroatoms. The fourth-order valence-corrected chi connectivity index (χ4v) is 2.84. The van der Waals surface area contributed by atoms with Gasteiger partial charge >= 0.3 is 0 Å². The number of piperidine rings is 1. The lowest BCUT2D eigenvalue weighted by atomic mass is 9.80. The third-order valence-electron chi connectivity index (χ3n) is 3.82. The van der Waals surface area contributed by atoms with Crippen molar-refractivity contribution in [2.45, 2.75) is 45.4 Å². The predicted octanol–water partition coefficient (Wildman–Crippen LogP) is 2.42. The molecule has 1 aliphatic rings. The van der Waals surface area contributed by atoms with Crippen LogP contribution in [0, 0.1) is 5.41 Å². The molecule has 1 heterocycles. The minimum atomic E-state index is -0.135. The normalized spacial score (nSPS) is 18.6. The van der Waals surface area contributed by atoms with Crippen LogP contribution in [-0.2, 0) is 4.79 Å². The van der Waals surface area contributed by atoms with E-state index in [2.05, 4.69) is 23.8 Å². The van der Waals surface area contributed by atoms with Crippen LogP contribution in [0.25, 0.3) is 0 Å². The molecule has 0 aromatic carbocycles. The highest BCUT2D eigenvalue weighted by Gasteiger charge is 2.33. The fraction of sp³-hybridized carbons (Fsp3) is 0.929. The van der Waals surface area contributed by atoms with Crippen molar-refractivity contribution in [3.05, 3.63) is 0 Å². The number of unbranched alkanes of at least 4 members (excludes halogenated alkanes) is 3. The monoisotopic (exact) mass is 272 g/mol. The van der Waals surface area contributed by atoms with Crippen molar-refractivity contribution in [2.75, 3.05) is 31.6 Å². The molecule has 1 saturated heterocycles. The Kier molecular flexibility index (Phi) is 7.75. The Hall–Kier alpha value is -0.220. The van der Waals surface area contributed by atoms with Crippen LogP contribution in [0.3, 0.4) is 0 Å². The summed E-state index contributed by atoms with van der Waals surface area (Å²) in [7, 11) is 0. The molecule has 1 aliphatic heterocycles. The van der Waals surface area contributed by atoms with Gasteiger partial charge in [0.25, 0.3) is 0 Å². The number of carbonyl (C=O) groups is 1. The summed E-state index contributed by atoms with van der Waals surface area (Å²) in [6.45, 7) is 4.89. The minimum absolute atomic E-state index is 0.135. The van der Waals surface area contributed by atoms with Crippen LogP contribution in [0.1, 0.15) is 45.4 Å². The van der Waals surface area contributed by atoms with E-state index >= 15 is 0 Å². The summed E-state index contributed by atoms with van der Waals surface area (Å²) in [6.07, 6.45) is 9.03. The number of rotatable bonds is 8. The zero-order valence-electron chi connectivity index (χ0n) is 11.9. The first-order chi connectivity index (χ1) is 8.69. The quantitative estimate of drug-likeness (QED) is 0.667. The summed E-state index contributed by atoms with van der Waals surface area (Å²) in [4.78, 5) is 12.1. The molecule has 0 aromatic rings. The van der Waals surface area contributed by atoms with E-state index in [-0.39, 0.29) is 11.3 Å². The molecule has 0 radical (unpaired) electrons. The number of carbonyl (C=O) groups excluding carboxylic acids is 1. The van der Waals surface area contributed by atoms with Crippen molar-refractivity contribution in [1.29, 1.82) is 0 Å². The molecule has 1 amide bonds. The average Bonchev–Trinajstić information content (AvgIpc) is 2.38. The number of hydrogen-bond acceptors (Lipinski definition) is 3. The first kappa shape index (κ1) is 15.8. The van der Waals surface area contributed by atoms with Gasteiger partial charge in [0, 0.05) is 12.0 Å². The second-order valence-electron chi connectivity index (χ2n) is 5.47. The number of amides is 1. The Balaban J connectivity index is 2.05. The van der Waals surface area contributed by atoms with Gasteiger partial charge in [-0.2, -0.15) is 11.8 Å². The standard InChI is InChI=1S/C14H28N2OS/c1-14(7-10-15-11-8-14)13(17)16-9-5-3-4-6-12-18-2/h15H,3-12H2,1-2H3,(H,16,17). The van der Waals surface area contributed by atoms with Crippen molar-refractivity contribution < 1.29 is 4.79 Å². The van der Waals surface area contributed by atoms with Gasteiger partial charge in [-0.3, -0.25) is 4.79 Å². The largest absolute Gasteiger partial charge is 0.356 e. The molecule has 1 rings (SSSR count). The topological polar surface area (TPSA) is 41.1 Å². The number of nitrogens with one attached hydrogen (secondary N) is 2. The molecule has 0 unspecified atom stereocenters. The van der Waals surface area contributed by atoms with Gasteiger partial charge in [0.2, 0.25) is 5.91 Å². The first-order valence-electron chi connectivity index (χ1n) is 7.17. The van der Waals surface area contributed by atoms with E-state index in [4.69, 9.17) is 0 Å². The van der Waals surface area contributed by atoms with Crippen molar-refractivity contribution in [1.82, 2.24) is 10.6 Å². The third kappa shape index (κ3) is 5.61. The van der Waals surface area contributed by atoms with Gasteiger partial charge < -0.3 is 10.6 Å². The van der Waals surface area contributed by atoms with Gasteiger partial charge in [0.15, 0.2) is 0 Å². The summed E-state index contributed by atoms with van der Waals surface area (Å²) in [5, 5.41) is 6.42. The molecule has 1 fully saturated rings. The highest BCUT2D eigenvalue weighted by atomic mass is 32.2. The summed E-state index contributed by atoms with van der Waals surface area (Å²) in [5.41, 5.74) is -0.135. The van der Waals surface area contributed by atoms with Crippen LogP contribution < -0.4 is 10.6 Å². The highest BCUT2D eigenvalue weighted by molar-refractivity contribution is 7.98. The smallest absolute Gasteiger partial charge is 0.226 e. The van der Waals surface area contributed by atoms with E-state index in [0.717, 1.165) is 38.9 Å². The third-order valence-corrected chi connectivity index (χ3v) is 4.51. The number of thioether (sulfide) groups is 1. The van der Waals surface area contributed by atoms with Gasteiger partial charge in [-0.05, 0) is 50.8 Å². The lowest BCUT2D eigenvalue weighted by Gasteiger charge is -2.32. The maximum absolute atomic E-state index is 12.1. The van der Waals surface area contributed by atoms with Gasteiger partial charge in [0.05, 0.1) is 0 Å². The second kappa shape index (κ2) is 8.81. The van der Waals surface area contributed by atoms with Gasteiger partial charge in [-0.1, -0.05) is 19.8 Å². The number of hydrogen-bond donors (Lipinski definition) is 2. The van der Waals surface area contributed by atoms with Crippen molar-refractivity contribution in [3.63, 3.8) is 0 Å². The van der Waals surface area contributed by atoms with E-state index in [0.29, 0.717) is 0 Å². The maximum atomic E-state index is 12.1. The molecule has 106 valence electrons. The van der Waals surface area contributed by atoms with Crippen LogP contribution in [0.15, 0.2) is 0 Å². The molecular formula is C14H28N2OS. The lowest BCUT2D eigenvalue weighted by molar-refractivity contribution is -0.131.